The molecule has 0 spiro atoms. The van der Waals surface area contributed by atoms with Crippen LogP contribution in [-0.4, -0.2) is 45.7 Å². The number of anilines is 2. The molecule has 0 aliphatic carbocycles. The molecule has 0 saturated heterocycles. The lowest BCUT2D eigenvalue weighted by molar-refractivity contribution is -0.118. The number of hydrogen-bond acceptors (Lipinski definition) is 9. The second-order valence-corrected chi connectivity index (χ2v) is 8.22. The van der Waals surface area contributed by atoms with Gasteiger partial charge in [0.1, 0.15) is 5.75 Å². The molecule has 4 rings (SSSR count). The van der Waals surface area contributed by atoms with Gasteiger partial charge in [-0.15, -0.1) is 0 Å². The SMILES string of the molecule is N#Cc1ccc(NC(=O)COc2ccccc2-c2cc(C(=O)Nc3ccc(C#N)cc3C(=O)O)no2)c(C(=O)O)c1. The van der Waals surface area contributed by atoms with Crippen LogP contribution in [0.2, 0.25) is 0 Å². The molecule has 0 atom stereocenters. The Hall–Kier alpha value is -6.47. The van der Waals surface area contributed by atoms with Crippen molar-refractivity contribution in [3.05, 3.63) is 94.7 Å². The number of carboxylic acid groups (broad SMARTS) is 2. The Kier molecular flexibility index (Phi) is 8.02. The van der Waals surface area contributed by atoms with Crippen molar-refractivity contribution >= 4 is 35.1 Å². The normalized spacial score (nSPS) is 10.1. The fourth-order valence-electron chi connectivity index (χ4n) is 3.62. The molecule has 13 heteroatoms. The summed E-state index contributed by atoms with van der Waals surface area (Å²) in [5, 5.41) is 45.3. The van der Waals surface area contributed by atoms with Crippen LogP contribution >= 0.6 is 0 Å². The number of hydrogen-bond donors (Lipinski definition) is 4. The van der Waals surface area contributed by atoms with Gasteiger partial charge >= 0.3 is 11.9 Å². The van der Waals surface area contributed by atoms with Gasteiger partial charge in [0.15, 0.2) is 18.1 Å². The number of nitrogens with one attached hydrogen (secondary N) is 2. The molecule has 1 aromatic heterocycles. The number of carbonyl (C=O) groups excluding carboxylic acids is 2. The predicted octanol–water partition coefficient (Wildman–Crippen LogP) is 3.75. The van der Waals surface area contributed by atoms with E-state index in [1.54, 1.807) is 18.2 Å². The molecule has 202 valence electrons. The van der Waals surface area contributed by atoms with Crippen molar-refractivity contribution in [2.75, 3.05) is 17.2 Å². The Labute approximate surface area is 230 Å². The second kappa shape index (κ2) is 11.9. The first-order valence-corrected chi connectivity index (χ1v) is 11.5. The molecule has 0 unspecified atom stereocenters. The molecule has 41 heavy (non-hydrogen) atoms. The maximum absolute atomic E-state index is 12.7. The predicted molar refractivity (Wildman–Crippen MR) is 140 cm³/mol. The summed E-state index contributed by atoms with van der Waals surface area (Å²) >= 11 is 0. The fourth-order valence-corrected chi connectivity index (χ4v) is 3.62. The highest BCUT2D eigenvalue weighted by atomic mass is 16.5. The molecule has 4 aromatic rings. The van der Waals surface area contributed by atoms with Gasteiger partial charge in [-0.05, 0) is 48.5 Å². The zero-order valence-electron chi connectivity index (χ0n) is 20.7. The summed E-state index contributed by atoms with van der Waals surface area (Å²) in [5.41, 5.74) is -0.238. The number of aromatic carboxylic acids is 2. The van der Waals surface area contributed by atoms with Crippen molar-refractivity contribution in [2.45, 2.75) is 0 Å². The summed E-state index contributed by atoms with van der Waals surface area (Å²) in [6.07, 6.45) is 0. The number of carboxylic acids is 2. The minimum Gasteiger partial charge on any atom is -0.483 e. The van der Waals surface area contributed by atoms with Crippen molar-refractivity contribution in [2.24, 2.45) is 0 Å². The summed E-state index contributed by atoms with van der Waals surface area (Å²) in [6.45, 7) is -0.520. The van der Waals surface area contributed by atoms with Crippen LogP contribution in [0.4, 0.5) is 11.4 Å². The van der Waals surface area contributed by atoms with E-state index in [1.807, 2.05) is 12.1 Å². The van der Waals surface area contributed by atoms with Gasteiger partial charge in [0.05, 0.1) is 51.3 Å². The number of benzene rings is 3. The van der Waals surface area contributed by atoms with E-state index < -0.39 is 30.4 Å². The molecule has 0 bridgehead atoms. The smallest absolute Gasteiger partial charge is 0.337 e. The highest BCUT2D eigenvalue weighted by molar-refractivity contribution is 6.07. The van der Waals surface area contributed by atoms with Crippen molar-refractivity contribution < 1.29 is 38.7 Å². The molecular weight excluding hydrogens is 534 g/mol. The third-order valence-electron chi connectivity index (χ3n) is 5.53. The molecule has 13 nitrogen and oxygen atoms in total. The third kappa shape index (κ3) is 6.34. The van der Waals surface area contributed by atoms with E-state index >= 15 is 0 Å². The van der Waals surface area contributed by atoms with E-state index in [0.29, 0.717) is 5.56 Å². The van der Waals surface area contributed by atoms with Gasteiger partial charge in [-0.25, -0.2) is 9.59 Å². The Morgan fingerprint density at radius 2 is 1.41 bits per heavy atom. The number of para-hydroxylation sites is 1. The van der Waals surface area contributed by atoms with E-state index in [1.165, 1.54) is 36.4 Å². The quantitative estimate of drug-likeness (QED) is 0.235. The van der Waals surface area contributed by atoms with Crippen LogP contribution in [0.25, 0.3) is 11.3 Å². The van der Waals surface area contributed by atoms with Crippen LogP contribution in [0.3, 0.4) is 0 Å². The van der Waals surface area contributed by atoms with E-state index in [0.717, 1.165) is 12.1 Å². The minimum atomic E-state index is -1.34. The van der Waals surface area contributed by atoms with E-state index in [-0.39, 0.29) is 50.8 Å². The minimum absolute atomic E-state index is 0.0161. The first-order chi connectivity index (χ1) is 19.7. The number of amides is 2. The molecule has 0 aliphatic rings. The zero-order valence-corrected chi connectivity index (χ0v) is 20.7. The zero-order chi connectivity index (χ0) is 29.5. The maximum atomic E-state index is 12.7. The average Bonchev–Trinajstić information content (AvgIpc) is 3.47. The number of aromatic nitrogens is 1. The molecule has 4 N–H and O–H groups in total. The largest absolute Gasteiger partial charge is 0.483 e. The first kappa shape index (κ1) is 27.6. The van der Waals surface area contributed by atoms with Gasteiger partial charge in [-0.3, -0.25) is 9.59 Å². The number of rotatable bonds is 9. The summed E-state index contributed by atoms with van der Waals surface area (Å²) < 4.78 is 10.9. The lowest BCUT2D eigenvalue weighted by atomic mass is 10.1. The van der Waals surface area contributed by atoms with Gasteiger partial charge in [0.2, 0.25) is 0 Å². The molecule has 1 heterocycles. The van der Waals surface area contributed by atoms with Crippen molar-refractivity contribution in [3.8, 4) is 29.2 Å². The molecule has 0 aliphatic heterocycles. The summed E-state index contributed by atoms with van der Waals surface area (Å²) in [6, 6.07) is 18.9. The summed E-state index contributed by atoms with van der Waals surface area (Å²) in [7, 11) is 0. The topological polar surface area (TPSA) is 216 Å². The van der Waals surface area contributed by atoms with E-state index in [4.69, 9.17) is 19.8 Å². The third-order valence-corrected chi connectivity index (χ3v) is 5.53. The highest BCUT2D eigenvalue weighted by Crippen LogP contribution is 2.31. The van der Waals surface area contributed by atoms with Gasteiger partial charge in [0.25, 0.3) is 11.8 Å². The fraction of sp³-hybridized carbons (Fsp3) is 0.0357. The lowest BCUT2D eigenvalue weighted by Gasteiger charge is -2.11. The van der Waals surface area contributed by atoms with Crippen LogP contribution in [0.5, 0.6) is 5.75 Å². The molecule has 2 amide bonds. The Bertz CT molecular complexity index is 1780. The first-order valence-electron chi connectivity index (χ1n) is 11.5. The molecule has 3 aromatic carbocycles. The van der Waals surface area contributed by atoms with Crippen LogP contribution in [0.15, 0.2) is 71.3 Å². The summed E-state index contributed by atoms with van der Waals surface area (Å²) in [5.74, 6) is -3.84. The number of ether oxygens (including phenoxy) is 1. The number of carbonyl (C=O) groups is 4. The van der Waals surface area contributed by atoms with Crippen LogP contribution in [0.1, 0.15) is 42.3 Å². The Morgan fingerprint density at radius 3 is 2.00 bits per heavy atom. The number of nitrogens with zero attached hydrogens (tertiary/aromatic N) is 3. The maximum Gasteiger partial charge on any atom is 0.337 e. The highest BCUT2D eigenvalue weighted by Gasteiger charge is 2.20. The van der Waals surface area contributed by atoms with E-state index in [9.17, 15) is 29.4 Å². The van der Waals surface area contributed by atoms with Crippen LogP contribution in [-0.2, 0) is 4.79 Å². The van der Waals surface area contributed by atoms with Crippen molar-refractivity contribution in [3.63, 3.8) is 0 Å². The Morgan fingerprint density at radius 1 is 0.829 bits per heavy atom. The molecular formula is C28H17N5O8. The molecule has 0 radical (unpaired) electrons. The lowest BCUT2D eigenvalue weighted by Crippen LogP contribution is -2.21. The van der Waals surface area contributed by atoms with Gasteiger partial charge in [-0.1, -0.05) is 17.3 Å². The van der Waals surface area contributed by atoms with Gasteiger partial charge < -0.3 is 30.1 Å². The monoisotopic (exact) mass is 551 g/mol. The molecule has 0 saturated carbocycles. The van der Waals surface area contributed by atoms with E-state index in [2.05, 4.69) is 15.8 Å². The molecule has 0 fully saturated rings. The van der Waals surface area contributed by atoms with Crippen molar-refractivity contribution in [1.82, 2.24) is 5.16 Å². The average molecular weight is 551 g/mol. The van der Waals surface area contributed by atoms with Gasteiger partial charge in [0, 0.05) is 6.07 Å². The number of nitriles is 2. The van der Waals surface area contributed by atoms with Crippen molar-refractivity contribution in [1.29, 1.82) is 10.5 Å². The van der Waals surface area contributed by atoms with Crippen LogP contribution in [0, 0.1) is 22.7 Å². The Balaban J connectivity index is 1.47. The standard InChI is InChI=1S/C28H17N5O8/c29-12-15-5-7-20(18(9-15)27(36)37)31-25(34)14-40-23-4-2-1-3-17(23)24-11-22(33-41-24)26(35)32-21-8-6-16(13-30)10-19(21)28(38)39/h1-11H,14H2,(H,31,34)(H,32,35)(H,36,37)(H,38,39). The summed E-state index contributed by atoms with van der Waals surface area (Å²) in [4.78, 5) is 48.3. The second-order valence-electron chi connectivity index (χ2n) is 8.22. The van der Waals surface area contributed by atoms with Crippen LogP contribution < -0.4 is 15.4 Å². The van der Waals surface area contributed by atoms with Gasteiger partial charge in [-0.2, -0.15) is 10.5 Å².